The van der Waals surface area contributed by atoms with Gasteiger partial charge in [0, 0.05) is 19.2 Å². The zero-order chi connectivity index (χ0) is 15.3. The number of aliphatic hydroxyl groups is 1. The minimum Gasteiger partial charge on any atom is -0.392 e. The van der Waals surface area contributed by atoms with E-state index in [-0.39, 0.29) is 27.8 Å². The van der Waals surface area contributed by atoms with Crippen LogP contribution in [0.1, 0.15) is 12.5 Å². The van der Waals surface area contributed by atoms with Crippen molar-refractivity contribution >= 4 is 28.3 Å². The maximum absolute atomic E-state index is 14.3. The van der Waals surface area contributed by atoms with Gasteiger partial charge in [-0.15, -0.1) is 0 Å². The lowest BCUT2D eigenvalue weighted by Gasteiger charge is -2.28. The summed E-state index contributed by atoms with van der Waals surface area (Å²) in [7, 11) is 1.46. The van der Waals surface area contributed by atoms with Gasteiger partial charge in [0.2, 0.25) is 0 Å². The van der Waals surface area contributed by atoms with Gasteiger partial charge in [0.15, 0.2) is 11.6 Å². The monoisotopic (exact) mass is 292 g/mol. The highest BCUT2D eigenvalue weighted by Crippen LogP contribution is 2.37. The molecule has 3 rings (SSSR count). The SMILES string of the molecule is CCN1C(=O)Nc2c(F)c(CO)cc3c(=O)n(C)nc1c23. The molecule has 0 radical (unpaired) electrons. The fourth-order valence-electron chi connectivity index (χ4n) is 2.51. The molecule has 0 saturated heterocycles. The Morgan fingerprint density at radius 1 is 1.43 bits per heavy atom. The number of nitrogens with one attached hydrogen (secondary N) is 1. The average Bonchev–Trinajstić information content (AvgIpc) is 2.46. The quantitative estimate of drug-likeness (QED) is 0.862. The van der Waals surface area contributed by atoms with E-state index >= 15 is 0 Å². The van der Waals surface area contributed by atoms with Gasteiger partial charge in [-0.25, -0.2) is 13.9 Å². The lowest BCUT2D eigenvalue weighted by atomic mass is 10.0. The molecule has 2 heterocycles. The molecule has 0 spiro atoms. The molecule has 0 aliphatic carbocycles. The molecule has 110 valence electrons. The van der Waals surface area contributed by atoms with Crippen LogP contribution in [0.25, 0.3) is 10.8 Å². The molecule has 2 amide bonds. The van der Waals surface area contributed by atoms with Crippen LogP contribution in [0.15, 0.2) is 10.9 Å². The van der Waals surface area contributed by atoms with Crippen molar-refractivity contribution in [3.63, 3.8) is 0 Å². The van der Waals surface area contributed by atoms with Gasteiger partial charge in [-0.05, 0) is 13.0 Å². The first kappa shape index (κ1) is 13.5. The van der Waals surface area contributed by atoms with E-state index in [0.29, 0.717) is 6.54 Å². The molecule has 8 heteroatoms. The van der Waals surface area contributed by atoms with Gasteiger partial charge in [0.05, 0.1) is 23.1 Å². The highest BCUT2D eigenvalue weighted by atomic mass is 19.1. The third-order valence-electron chi connectivity index (χ3n) is 3.55. The Balaban J connectivity index is 2.54. The number of carbonyl (C=O) groups is 1. The molecule has 1 aromatic heterocycles. The summed E-state index contributed by atoms with van der Waals surface area (Å²) < 4.78 is 15.4. The molecule has 0 atom stereocenters. The van der Waals surface area contributed by atoms with Crippen molar-refractivity contribution in [3.05, 3.63) is 27.8 Å². The molecule has 7 nitrogen and oxygen atoms in total. The molecule has 1 aliphatic rings. The number of anilines is 2. The maximum atomic E-state index is 14.3. The summed E-state index contributed by atoms with van der Waals surface area (Å²) in [5.41, 5.74) is -0.569. The first-order chi connectivity index (χ1) is 9.99. The summed E-state index contributed by atoms with van der Waals surface area (Å²) >= 11 is 0. The van der Waals surface area contributed by atoms with Crippen LogP contribution in [0, 0.1) is 5.82 Å². The highest BCUT2D eigenvalue weighted by Gasteiger charge is 2.30. The van der Waals surface area contributed by atoms with Gasteiger partial charge in [-0.3, -0.25) is 9.69 Å². The molecule has 1 aliphatic heterocycles. The summed E-state index contributed by atoms with van der Waals surface area (Å²) in [6.45, 7) is 1.51. The van der Waals surface area contributed by atoms with Gasteiger partial charge >= 0.3 is 6.03 Å². The number of carbonyl (C=O) groups excluding carboxylic acids is 1. The van der Waals surface area contributed by atoms with Gasteiger partial charge in [-0.2, -0.15) is 5.10 Å². The summed E-state index contributed by atoms with van der Waals surface area (Å²) in [5, 5.41) is 16.2. The van der Waals surface area contributed by atoms with Crippen LogP contribution >= 0.6 is 0 Å². The molecule has 0 fully saturated rings. The number of halogens is 1. The van der Waals surface area contributed by atoms with Gasteiger partial charge in [0.25, 0.3) is 5.56 Å². The van der Waals surface area contributed by atoms with Crippen LogP contribution in [0.5, 0.6) is 0 Å². The molecule has 0 saturated carbocycles. The Labute approximate surface area is 118 Å². The minimum atomic E-state index is -0.745. The Bertz CT molecular complexity index is 831. The number of amides is 2. The summed E-state index contributed by atoms with van der Waals surface area (Å²) in [5.74, 6) is -0.512. The first-order valence-corrected chi connectivity index (χ1v) is 6.41. The Morgan fingerprint density at radius 2 is 2.14 bits per heavy atom. The molecule has 21 heavy (non-hydrogen) atoms. The summed E-state index contributed by atoms with van der Waals surface area (Å²) in [4.78, 5) is 25.6. The van der Waals surface area contributed by atoms with E-state index in [9.17, 15) is 19.1 Å². The molecule has 2 aromatic rings. The molecule has 2 N–H and O–H groups in total. The number of rotatable bonds is 2. The largest absolute Gasteiger partial charge is 0.392 e. The molecule has 0 unspecified atom stereocenters. The van der Waals surface area contributed by atoms with E-state index in [2.05, 4.69) is 10.4 Å². The number of benzene rings is 1. The van der Waals surface area contributed by atoms with Gasteiger partial charge < -0.3 is 10.4 Å². The lowest BCUT2D eigenvalue weighted by molar-refractivity contribution is 0.256. The normalized spacial score (nSPS) is 13.7. The third kappa shape index (κ3) is 1.72. The predicted octanol–water partition coefficient (Wildman–Crippen LogP) is 0.937. The number of hydrogen-bond acceptors (Lipinski definition) is 4. The van der Waals surface area contributed by atoms with Crippen molar-refractivity contribution in [1.82, 2.24) is 9.78 Å². The number of aryl methyl sites for hydroxylation is 1. The van der Waals surface area contributed by atoms with Crippen molar-refractivity contribution in [2.45, 2.75) is 13.5 Å². The number of urea groups is 1. The molecular weight excluding hydrogens is 279 g/mol. The standard InChI is InChI=1S/C13H13FN4O3/c1-3-18-11-8-7(12(20)17(2)16-11)4-6(5-19)9(14)10(8)15-13(18)21/h4,19H,3,5H2,1-2H3,(H,15,21). The fourth-order valence-corrected chi connectivity index (χ4v) is 2.51. The van der Waals surface area contributed by atoms with Crippen molar-refractivity contribution in [3.8, 4) is 0 Å². The molecular formula is C13H13FN4O3. The average molecular weight is 292 g/mol. The van der Waals surface area contributed by atoms with Crippen molar-refractivity contribution in [2.24, 2.45) is 7.05 Å². The van der Waals surface area contributed by atoms with Crippen molar-refractivity contribution in [1.29, 1.82) is 0 Å². The van der Waals surface area contributed by atoms with Gasteiger partial charge in [-0.1, -0.05) is 0 Å². The van der Waals surface area contributed by atoms with E-state index in [4.69, 9.17) is 0 Å². The van der Waals surface area contributed by atoms with E-state index in [1.54, 1.807) is 6.92 Å². The van der Waals surface area contributed by atoms with Crippen molar-refractivity contribution in [2.75, 3.05) is 16.8 Å². The van der Waals surface area contributed by atoms with Crippen LogP contribution in [0.4, 0.5) is 20.7 Å². The minimum absolute atomic E-state index is 0.0444. The smallest absolute Gasteiger partial charge is 0.327 e. The maximum Gasteiger partial charge on any atom is 0.327 e. The van der Waals surface area contributed by atoms with Crippen LogP contribution in [-0.4, -0.2) is 27.5 Å². The Morgan fingerprint density at radius 3 is 2.76 bits per heavy atom. The van der Waals surface area contributed by atoms with E-state index < -0.39 is 24.0 Å². The number of aliphatic hydroxyl groups excluding tert-OH is 1. The number of hydrogen-bond donors (Lipinski definition) is 2. The van der Waals surface area contributed by atoms with E-state index in [1.807, 2.05) is 0 Å². The zero-order valence-electron chi connectivity index (χ0n) is 11.5. The molecule has 0 bridgehead atoms. The zero-order valence-corrected chi connectivity index (χ0v) is 11.5. The topological polar surface area (TPSA) is 87.5 Å². The second-order valence-corrected chi connectivity index (χ2v) is 4.73. The fraction of sp³-hybridized carbons (Fsp3) is 0.308. The lowest BCUT2D eigenvalue weighted by Crippen LogP contribution is -2.40. The molecule has 1 aromatic carbocycles. The Kier molecular flexibility index (Phi) is 2.91. The second-order valence-electron chi connectivity index (χ2n) is 4.73. The summed E-state index contributed by atoms with van der Waals surface area (Å²) in [6, 6.07) is 0.777. The van der Waals surface area contributed by atoms with Crippen LogP contribution in [-0.2, 0) is 13.7 Å². The number of aromatic nitrogens is 2. The van der Waals surface area contributed by atoms with E-state index in [1.165, 1.54) is 18.0 Å². The van der Waals surface area contributed by atoms with E-state index in [0.717, 1.165) is 4.68 Å². The highest BCUT2D eigenvalue weighted by molar-refractivity contribution is 6.17. The third-order valence-corrected chi connectivity index (χ3v) is 3.55. The van der Waals surface area contributed by atoms with Crippen LogP contribution in [0.2, 0.25) is 0 Å². The number of nitrogens with zero attached hydrogens (tertiary/aromatic N) is 3. The van der Waals surface area contributed by atoms with Crippen LogP contribution in [0.3, 0.4) is 0 Å². The van der Waals surface area contributed by atoms with Crippen molar-refractivity contribution < 1.29 is 14.3 Å². The second kappa shape index (κ2) is 4.52. The summed E-state index contributed by atoms with van der Waals surface area (Å²) in [6.07, 6.45) is 0. The first-order valence-electron chi connectivity index (χ1n) is 6.41. The van der Waals surface area contributed by atoms with Gasteiger partial charge in [0.1, 0.15) is 0 Å². The Hall–Kier alpha value is -2.48. The predicted molar refractivity (Wildman–Crippen MR) is 74.9 cm³/mol. The van der Waals surface area contributed by atoms with Crippen LogP contribution < -0.4 is 15.8 Å².